The second-order valence-corrected chi connectivity index (χ2v) is 9.46. The molecule has 1 saturated heterocycles. The van der Waals surface area contributed by atoms with Crippen LogP contribution < -0.4 is 10.6 Å². The number of carboxylic acid groups (broad SMARTS) is 1. The first-order valence-electron chi connectivity index (χ1n) is 10.1. The van der Waals surface area contributed by atoms with Crippen molar-refractivity contribution in [2.75, 3.05) is 0 Å². The number of nitrogens with zero attached hydrogens (tertiary/aromatic N) is 2. The molecule has 0 radical (unpaired) electrons. The summed E-state index contributed by atoms with van der Waals surface area (Å²) >= 11 is 0. The van der Waals surface area contributed by atoms with Crippen LogP contribution in [0.3, 0.4) is 0 Å². The van der Waals surface area contributed by atoms with Gasteiger partial charge in [-0.15, -0.1) is 0 Å². The molecular formula is C24H27N3O3. The Hall–Kier alpha value is -2.88. The highest BCUT2D eigenvalue weighted by atomic mass is 16.5. The lowest BCUT2D eigenvalue weighted by atomic mass is 9.82. The van der Waals surface area contributed by atoms with Gasteiger partial charge in [0.2, 0.25) is 0 Å². The van der Waals surface area contributed by atoms with E-state index in [1.165, 1.54) is 0 Å². The van der Waals surface area contributed by atoms with Crippen LogP contribution in [0.15, 0.2) is 54.6 Å². The van der Waals surface area contributed by atoms with E-state index in [0.29, 0.717) is 11.5 Å². The van der Waals surface area contributed by atoms with Gasteiger partial charge in [0.1, 0.15) is 11.5 Å². The Morgan fingerprint density at radius 1 is 1.13 bits per heavy atom. The zero-order valence-electron chi connectivity index (χ0n) is 17.7. The van der Waals surface area contributed by atoms with E-state index < -0.39 is 27.8 Å². The molecule has 0 amide bonds. The molecule has 1 saturated carbocycles. The largest absolute Gasteiger partial charge is 0.481 e. The molecule has 2 aliphatic rings. The Morgan fingerprint density at radius 2 is 1.73 bits per heavy atom. The Morgan fingerprint density at radius 3 is 2.27 bits per heavy atom. The summed E-state index contributed by atoms with van der Waals surface area (Å²) in [7, 11) is 0. The van der Waals surface area contributed by atoms with Crippen molar-refractivity contribution in [2.45, 2.75) is 45.7 Å². The normalized spacial score (nSPS) is 32.7. The SMILES string of the molecule is CC1(C)C(C2(C#N)C(C)(C)C2(Cc2cccc(Oc3ccccc3)c2)C(=O)O)N1N. The molecule has 6 heteroatoms. The molecule has 4 unspecified atom stereocenters. The zero-order valence-corrected chi connectivity index (χ0v) is 17.7. The summed E-state index contributed by atoms with van der Waals surface area (Å²) in [5.74, 6) is 6.54. The van der Waals surface area contributed by atoms with Gasteiger partial charge in [0.05, 0.1) is 22.9 Å². The lowest BCUT2D eigenvalue weighted by molar-refractivity contribution is -0.145. The second kappa shape index (κ2) is 6.31. The topological polar surface area (TPSA) is 99.3 Å². The van der Waals surface area contributed by atoms with Crippen LogP contribution in [0.25, 0.3) is 0 Å². The maximum absolute atomic E-state index is 12.7. The van der Waals surface area contributed by atoms with E-state index in [9.17, 15) is 15.2 Å². The van der Waals surface area contributed by atoms with Gasteiger partial charge in [0, 0.05) is 11.0 Å². The number of hydrogen-bond acceptors (Lipinski definition) is 5. The van der Waals surface area contributed by atoms with Crippen molar-refractivity contribution in [3.63, 3.8) is 0 Å². The Balaban J connectivity index is 1.70. The van der Waals surface area contributed by atoms with Crippen molar-refractivity contribution in [3.05, 3.63) is 60.2 Å². The zero-order chi connectivity index (χ0) is 21.9. The number of hydrazine groups is 1. The first-order chi connectivity index (χ1) is 14.1. The smallest absolute Gasteiger partial charge is 0.312 e. The number of ether oxygens (including phenoxy) is 1. The van der Waals surface area contributed by atoms with Crippen molar-refractivity contribution in [1.29, 1.82) is 5.26 Å². The third kappa shape index (κ3) is 2.39. The van der Waals surface area contributed by atoms with E-state index in [0.717, 1.165) is 5.56 Å². The molecule has 3 N–H and O–H groups in total. The molecule has 0 spiro atoms. The summed E-state index contributed by atoms with van der Waals surface area (Å²) < 4.78 is 5.91. The number of nitrogens with two attached hydrogens (primary N) is 1. The summed E-state index contributed by atoms with van der Waals surface area (Å²) in [6, 6.07) is 18.9. The van der Waals surface area contributed by atoms with E-state index in [1.54, 1.807) is 5.01 Å². The molecular weight excluding hydrogens is 378 g/mol. The number of carbonyl (C=O) groups is 1. The van der Waals surface area contributed by atoms with E-state index in [4.69, 9.17) is 10.6 Å². The summed E-state index contributed by atoms with van der Waals surface area (Å²) in [6.07, 6.45) is 0.231. The highest BCUT2D eigenvalue weighted by molar-refractivity contribution is 5.85. The fourth-order valence-corrected chi connectivity index (χ4v) is 5.65. The molecule has 0 aromatic heterocycles. The van der Waals surface area contributed by atoms with E-state index in [2.05, 4.69) is 6.07 Å². The average molecular weight is 405 g/mol. The van der Waals surface area contributed by atoms with Gasteiger partial charge in [-0.3, -0.25) is 10.6 Å². The number of nitriles is 1. The molecule has 4 rings (SSSR count). The van der Waals surface area contributed by atoms with Crippen LogP contribution in [0.2, 0.25) is 0 Å². The standard InChI is InChI=1S/C24H27N3O3/c1-21(2)19(27(21)26)24(15-25)22(3,4)23(24,20(28)29)14-16-9-8-12-18(13-16)30-17-10-6-5-7-11-17/h5-13,19H,14,26H2,1-4H3,(H,28,29). The van der Waals surface area contributed by atoms with E-state index >= 15 is 0 Å². The number of para-hydroxylation sites is 1. The minimum absolute atomic E-state index is 0.231. The minimum atomic E-state index is -1.24. The van der Waals surface area contributed by atoms with Gasteiger partial charge in [0.25, 0.3) is 0 Å². The van der Waals surface area contributed by atoms with Crippen molar-refractivity contribution < 1.29 is 14.6 Å². The minimum Gasteiger partial charge on any atom is -0.481 e. The van der Waals surface area contributed by atoms with Gasteiger partial charge < -0.3 is 9.84 Å². The highest BCUT2D eigenvalue weighted by Crippen LogP contribution is 2.84. The van der Waals surface area contributed by atoms with Crippen molar-refractivity contribution in [1.82, 2.24) is 5.01 Å². The van der Waals surface area contributed by atoms with Crippen LogP contribution >= 0.6 is 0 Å². The van der Waals surface area contributed by atoms with Gasteiger partial charge >= 0.3 is 5.97 Å². The molecule has 156 valence electrons. The molecule has 4 atom stereocenters. The van der Waals surface area contributed by atoms with Crippen molar-refractivity contribution in [2.24, 2.45) is 22.1 Å². The molecule has 2 aromatic carbocycles. The number of benzene rings is 2. The molecule has 1 aliphatic heterocycles. The lowest BCUT2D eigenvalue weighted by Gasteiger charge is -2.18. The highest BCUT2D eigenvalue weighted by Gasteiger charge is 2.94. The quantitative estimate of drug-likeness (QED) is 0.557. The summed E-state index contributed by atoms with van der Waals surface area (Å²) in [6.45, 7) is 7.64. The van der Waals surface area contributed by atoms with Gasteiger partial charge in [-0.1, -0.05) is 44.2 Å². The molecule has 1 aliphatic carbocycles. The number of carboxylic acids is 1. The van der Waals surface area contributed by atoms with Crippen LogP contribution in [0.5, 0.6) is 11.5 Å². The lowest BCUT2D eigenvalue weighted by Crippen LogP contribution is -2.31. The maximum atomic E-state index is 12.7. The van der Waals surface area contributed by atoms with Crippen molar-refractivity contribution >= 4 is 5.97 Å². The molecule has 30 heavy (non-hydrogen) atoms. The predicted octanol–water partition coefficient (Wildman–Crippen LogP) is 3.98. The monoisotopic (exact) mass is 405 g/mol. The average Bonchev–Trinajstić information content (AvgIpc) is 3.37. The summed E-state index contributed by atoms with van der Waals surface area (Å²) in [4.78, 5) is 12.7. The Kier molecular flexibility index (Phi) is 4.29. The third-order valence-electron chi connectivity index (χ3n) is 7.51. The molecule has 2 fully saturated rings. The number of hydrogen-bond donors (Lipinski definition) is 2. The van der Waals surface area contributed by atoms with E-state index in [-0.39, 0.29) is 12.5 Å². The number of rotatable bonds is 6. The van der Waals surface area contributed by atoms with Crippen LogP contribution in [0, 0.1) is 27.6 Å². The Labute approximate surface area is 176 Å². The van der Waals surface area contributed by atoms with Crippen LogP contribution in [0.1, 0.15) is 33.3 Å². The molecule has 0 bridgehead atoms. The fraction of sp³-hybridized carbons (Fsp3) is 0.417. The first-order valence-corrected chi connectivity index (χ1v) is 10.1. The fourth-order valence-electron chi connectivity index (χ4n) is 5.65. The molecule has 2 aromatic rings. The van der Waals surface area contributed by atoms with Gasteiger partial charge in [-0.05, 0) is 50.1 Å². The van der Waals surface area contributed by atoms with Gasteiger partial charge in [-0.2, -0.15) is 5.26 Å². The predicted molar refractivity (Wildman–Crippen MR) is 112 cm³/mol. The maximum Gasteiger partial charge on any atom is 0.312 e. The third-order valence-corrected chi connectivity index (χ3v) is 7.51. The number of aliphatic carboxylic acids is 1. The second-order valence-electron chi connectivity index (χ2n) is 9.46. The Bertz CT molecular complexity index is 1040. The molecule has 6 nitrogen and oxygen atoms in total. The summed E-state index contributed by atoms with van der Waals surface area (Å²) in [5, 5.41) is 22.2. The van der Waals surface area contributed by atoms with Crippen molar-refractivity contribution in [3.8, 4) is 17.6 Å². The van der Waals surface area contributed by atoms with Crippen LogP contribution in [-0.2, 0) is 11.2 Å². The van der Waals surface area contributed by atoms with Crippen LogP contribution in [-0.4, -0.2) is 27.7 Å². The van der Waals surface area contributed by atoms with Crippen LogP contribution in [0.4, 0.5) is 0 Å². The van der Waals surface area contributed by atoms with E-state index in [1.807, 2.05) is 82.3 Å². The van der Waals surface area contributed by atoms with Gasteiger partial charge in [0.15, 0.2) is 0 Å². The first kappa shape index (κ1) is 20.4. The summed E-state index contributed by atoms with van der Waals surface area (Å²) in [5.41, 5.74) is -2.66. The molecule has 1 heterocycles. The van der Waals surface area contributed by atoms with Gasteiger partial charge in [-0.25, -0.2) is 5.01 Å².